The molecule has 1 fully saturated rings. The number of nitrogens with zero attached hydrogens (tertiary/aromatic N) is 5. The van der Waals surface area contributed by atoms with Crippen molar-refractivity contribution in [2.75, 3.05) is 25.0 Å². The lowest BCUT2D eigenvalue weighted by Crippen LogP contribution is -2.35. The van der Waals surface area contributed by atoms with Crippen LogP contribution >= 0.6 is 0 Å². The molecule has 7 heteroatoms. The first kappa shape index (κ1) is 16.1. The van der Waals surface area contributed by atoms with Crippen molar-refractivity contribution in [1.29, 1.82) is 0 Å². The highest BCUT2D eigenvalue weighted by Crippen LogP contribution is 2.27. The number of rotatable bonds is 5. The van der Waals surface area contributed by atoms with Crippen molar-refractivity contribution < 1.29 is 4.42 Å². The molecule has 1 N–H and O–H groups in total. The van der Waals surface area contributed by atoms with Crippen LogP contribution in [0.2, 0.25) is 0 Å². The minimum Gasteiger partial charge on any atom is -0.423 e. The zero-order valence-electron chi connectivity index (χ0n) is 14.8. The van der Waals surface area contributed by atoms with Crippen LogP contribution in [0.25, 0.3) is 11.1 Å². The zero-order valence-corrected chi connectivity index (χ0v) is 14.8. The van der Waals surface area contributed by atoms with Gasteiger partial charge in [-0.25, -0.2) is 0 Å². The Morgan fingerprint density at radius 2 is 2.12 bits per heavy atom. The van der Waals surface area contributed by atoms with E-state index in [1.54, 1.807) is 0 Å². The average molecular weight is 340 g/mol. The molecule has 3 aromatic rings. The van der Waals surface area contributed by atoms with E-state index in [0.29, 0.717) is 5.92 Å². The van der Waals surface area contributed by atoms with Crippen LogP contribution in [0.1, 0.15) is 24.1 Å². The first-order valence-corrected chi connectivity index (χ1v) is 8.87. The second-order valence-electron chi connectivity index (χ2n) is 6.86. The van der Waals surface area contributed by atoms with E-state index in [2.05, 4.69) is 44.6 Å². The van der Waals surface area contributed by atoms with Crippen molar-refractivity contribution in [1.82, 2.24) is 25.3 Å². The molecule has 1 aliphatic rings. The molecule has 1 aromatic carbocycles. The molecule has 7 nitrogen and oxygen atoms in total. The molecule has 2 aromatic heterocycles. The number of nitrogens with one attached hydrogen (secondary N) is 1. The van der Waals surface area contributed by atoms with Gasteiger partial charge in [-0.3, -0.25) is 4.68 Å². The summed E-state index contributed by atoms with van der Waals surface area (Å²) in [5.41, 5.74) is 4.00. The lowest BCUT2D eigenvalue weighted by atomic mass is 9.97. The molecule has 1 aliphatic heterocycles. The Morgan fingerprint density at radius 3 is 2.92 bits per heavy atom. The lowest BCUT2D eigenvalue weighted by Gasteiger charge is -2.30. The highest BCUT2D eigenvalue weighted by atomic mass is 16.4. The Hall–Kier alpha value is -2.41. The molecule has 0 bridgehead atoms. The molecule has 0 atom stereocenters. The monoisotopic (exact) mass is 340 g/mol. The molecule has 0 radical (unpaired) electrons. The van der Waals surface area contributed by atoms with Crippen LogP contribution in [0.15, 0.2) is 28.8 Å². The fourth-order valence-corrected chi connectivity index (χ4v) is 3.42. The Kier molecular flexibility index (Phi) is 4.40. The van der Waals surface area contributed by atoms with E-state index in [-0.39, 0.29) is 0 Å². The molecule has 0 unspecified atom stereocenters. The largest absolute Gasteiger partial charge is 0.423 e. The molecule has 1 saturated heterocycles. The number of aromatic nitrogens is 4. The van der Waals surface area contributed by atoms with Gasteiger partial charge in [0.05, 0.1) is 5.69 Å². The Morgan fingerprint density at radius 1 is 1.28 bits per heavy atom. The van der Waals surface area contributed by atoms with Gasteiger partial charge in [0.2, 0.25) is 0 Å². The topological polar surface area (TPSA) is 72.0 Å². The first-order chi connectivity index (χ1) is 12.2. The summed E-state index contributed by atoms with van der Waals surface area (Å²) in [7, 11) is 1.92. The molecule has 0 spiro atoms. The summed E-state index contributed by atoms with van der Waals surface area (Å²) in [6.45, 7) is 5.70. The Balaban J connectivity index is 1.36. The predicted molar refractivity (Wildman–Crippen MR) is 96.5 cm³/mol. The summed E-state index contributed by atoms with van der Waals surface area (Å²) in [6.07, 6.45) is 4.25. The third-order valence-electron chi connectivity index (χ3n) is 4.81. The van der Waals surface area contributed by atoms with Crippen LogP contribution < -0.4 is 10.2 Å². The van der Waals surface area contributed by atoms with E-state index in [1.165, 1.54) is 5.56 Å². The summed E-state index contributed by atoms with van der Waals surface area (Å²) in [5, 5.41) is 11.5. The minimum atomic E-state index is 0.618. The zero-order chi connectivity index (χ0) is 17.2. The number of aryl methyl sites for hydroxylation is 1. The van der Waals surface area contributed by atoms with E-state index in [1.807, 2.05) is 24.0 Å². The molecule has 25 heavy (non-hydrogen) atoms. The van der Waals surface area contributed by atoms with Gasteiger partial charge >= 0.3 is 0 Å². The SMILES string of the molecule is CNCc1cn(CC2CCN(c3nc4cc(C)ccc4o3)CC2)nn1. The van der Waals surface area contributed by atoms with E-state index in [9.17, 15) is 0 Å². The van der Waals surface area contributed by atoms with Gasteiger partial charge in [0.25, 0.3) is 6.01 Å². The number of hydrogen-bond acceptors (Lipinski definition) is 6. The van der Waals surface area contributed by atoms with Crippen LogP contribution in [0.5, 0.6) is 0 Å². The van der Waals surface area contributed by atoms with Gasteiger partial charge in [-0.1, -0.05) is 11.3 Å². The smallest absolute Gasteiger partial charge is 0.298 e. The molecule has 132 valence electrons. The highest BCUT2D eigenvalue weighted by Gasteiger charge is 2.23. The number of benzene rings is 1. The molecular weight excluding hydrogens is 316 g/mol. The Bertz CT molecular complexity index is 846. The number of hydrogen-bond donors (Lipinski definition) is 1. The minimum absolute atomic E-state index is 0.618. The standard InChI is InChI=1S/C18H24N6O/c1-13-3-4-17-16(9-13)20-18(25-17)23-7-5-14(6-8-23)11-24-12-15(10-19-2)21-22-24/h3-4,9,12,14,19H,5-8,10-11H2,1-2H3. The average Bonchev–Trinajstić information content (AvgIpc) is 3.22. The summed E-state index contributed by atoms with van der Waals surface area (Å²) in [6, 6.07) is 6.88. The fourth-order valence-electron chi connectivity index (χ4n) is 3.42. The highest BCUT2D eigenvalue weighted by molar-refractivity contribution is 5.75. The van der Waals surface area contributed by atoms with Gasteiger partial charge in [0.15, 0.2) is 5.58 Å². The molecule has 0 saturated carbocycles. The van der Waals surface area contributed by atoms with Crippen molar-refractivity contribution in [2.45, 2.75) is 32.9 Å². The quantitative estimate of drug-likeness (QED) is 0.769. The first-order valence-electron chi connectivity index (χ1n) is 8.87. The van der Waals surface area contributed by atoms with Gasteiger partial charge in [-0.05, 0) is 50.4 Å². The maximum atomic E-state index is 5.93. The van der Waals surface area contributed by atoms with Crippen LogP contribution in [0.4, 0.5) is 6.01 Å². The van der Waals surface area contributed by atoms with Crippen molar-refractivity contribution in [3.05, 3.63) is 35.7 Å². The van der Waals surface area contributed by atoms with Crippen LogP contribution in [-0.4, -0.2) is 40.1 Å². The van der Waals surface area contributed by atoms with Gasteiger partial charge in [-0.15, -0.1) is 5.10 Å². The number of piperidine rings is 1. The molecule has 0 amide bonds. The normalized spacial score (nSPS) is 16.0. The van der Waals surface area contributed by atoms with Crippen molar-refractivity contribution in [2.24, 2.45) is 5.92 Å². The molecule has 0 aliphatic carbocycles. The van der Waals surface area contributed by atoms with E-state index < -0.39 is 0 Å². The third-order valence-corrected chi connectivity index (χ3v) is 4.81. The Labute approximate surface area is 147 Å². The lowest BCUT2D eigenvalue weighted by molar-refractivity contribution is 0.331. The van der Waals surface area contributed by atoms with Crippen LogP contribution in [0.3, 0.4) is 0 Å². The molecular formula is C18H24N6O. The van der Waals surface area contributed by atoms with Gasteiger partial charge in [0.1, 0.15) is 5.52 Å². The number of fused-ring (bicyclic) bond motifs is 1. The van der Waals surface area contributed by atoms with Gasteiger partial charge in [-0.2, -0.15) is 4.98 Å². The summed E-state index contributed by atoms with van der Waals surface area (Å²) >= 11 is 0. The number of oxazole rings is 1. The van der Waals surface area contributed by atoms with E-state index in [4.69, 9.17) is 4.42 Å². The van der Waals surface area contributed by atoms with Crippen molar-refractivity contribution in [3.8, 4) is 0 Å². The fraction of sp³-hybridized carbons (Fsp3) is 0.500. The molecule has 4 rings (SSSR count). The van der Waals surface area contributed by atoms with Gasteiger partial charge in [0, 0.05) is 32.4 Å². The van der Waals surface area contributed by atoms with Crippen molar-refractivity contribution >= 4 is 17.1 Å². The maximum Gasteiger partial charge on any atom is 0.298 e. The predicted octanol–water partition coefficient (Wildman–Crippen LogP) is 2.36. The maximum absolute atomic E-state index is 5.93. The second-order valence-corrected chi connectivity index (χ2v) is 6.86. The summed E-state index contributed by atoms with van der Waals surface area (Å²) in [4.78, 5) is 6.90. The van der Waals surface area contributed by atoms with E-state index >= 15 is 0 Å². The number of anilines is 1. The third kappa shape index (κ3) is 3.51. The van der Waals surface area contributed by atoms with E-state index in [0.717, 1.165) is 61.8 Å². The van der Waals surface area contributed by atoms with Gasteiger partial charge < -0.3 is 14.6 Å². The van der Waals surface area contributed by atoms with Crippen molar-refractivity contribution in [3.63, 3.8) is 0 Å². The summed E-state index contributed by atoms with van der Waals surface area (Å²) < 4.78 is 7.89. The van der Waals surface area contributed by atoms with Crippen LogP contribution in [-0.2, 0) is 13.1 Å². The molecule has 3 heterocycles. The summed E-state index contributed by atoms with van der Waals surface area (Å²) in [5.74, 6) is 0.618. The second kappa shape index (κ2) is 6.84. The van der Waals surface area contributed by atoms with Crippen LogP contribution in [0, 0.1) is 12.8 Å².